The Hall–Kier alpha value is -1.16. The van der Waals surface area contributed by atoms with Gasteiger partial charge in [0, 0.05) is 18.1 Å². The SMILES string of the molecule is O=C(/C=C/C1CCCCCC1)N1CCC1c1nccs1. The van der Waals surface area contributed by atoms with Crippen LogP contribution in [0.2, 0.25) is 0 Å². The topological polar surface area (TPSA) is 33.2 Å². The van der Waals surface area contributed by atoms with E-state index in [0.717, 1.165) is 18.0 Å². The first-order chi connectivity index (χ1) is 9.84. The number of likely N-dealkylation sites (tertiary alicyclic amines) is 1. The van der Waals surface area contributed by atoms with Gasteiger partial charge in [0.25, 0.3) is 0 Å². The summed E-state index contributed by atoms with van der Waals surface area (Å²) in [4.78, 5) is 18.6. The van der Waals surface area contributed by atoms with Crippen LogP contribution in [0.5, 0.6) is 0 Å². The molecule has 0 bridgehead atoms. The molecule has 0 radical (unpaired) electrons. The molecule has 1 saturated carbocycles. The molecule has 3 rings (SSSR count). The Balaban J connectivity index is 1.56. The van der Waals surface area contributed by atoms with E-state index in [2.05, 4.69) is 11.1 Å². The van der Waals surface area contributed by atoms with Crippen LogP contribution in [0.25, 0.3) is 0 Å². The number of amides is 1. The van der Waals surface area contributed by atoms with Crippen LogP contribution in [0.1, 0.15) is 56.0 Å². The van der Waals surface area contributed by atoms with Crippen LogP contribution in [0.4, 0.5) is 0 Å². The predicted molar refractivity (Wildman–Crippen MR) is 81.5 cm³/mol. The monoisotopic (exact) mass is 290 g/mol. The smallest absolute Gasteiger partial charge is 0.246 e. The lowest BCUT2D eigenvalue weighted by atomic mass is 9.99. The molecule has 1 aromatic rings. The predicted octanol–water partition coefficient (Wildman–Crippen LogP) is 3.94. The van der Waals surface area contributed by atoms with Crippen LogP contribution < -0.4 is 0 Å². The highest BCUT2D eigenvalue weighted by Gasteiger charge is 2.33. The van der Waals surface area contributed by atoms with E-state index in [0.29, 0.717) is 5.92 Å². The molecule has 2 fully saturated rings. The van der Waals surface area contributed by atoms with Gasteiger partial charge in [-0.1, -0.05) is 31.8 Å². The maximum absolute atomic E-state index is 12.3. The van der Waals surface area contributed by atoms with Crippen molar-refractivity contribution in [2.45, 2.75) is 51.0 Å². The Morgan fingerprint density at radius 2 is 2.05 bits per heavy atom. The first-order valence-electron chi connectivity index (χ1n) is 7.73. The molecule has 1 amide bonds. The molecular weight excluding hydrogens is 268 g/mol. The number of carbonyl (C=O) groups excluding carboxylic acids is 1. The van der Waals surface area contributed by atoms with Crippen molar-refractivity contribution in [3.8, 4) is 0 Å². The highest BCUT2D eigenvalue weighted by Crippen LogP contribution is 2.34. The van der Waals surface area contributed by atoms with Gasteiger partial charge in [0.2, 0.25) is 5.91 Å². The van der Waals surface area contributed by atoms with Crippen molar-refractivity contribution in [3.05, 3.63) is 28.7 Å². The van der Waals surface area contributed by atoms with E-state index in [1.54, 1.807) is 11.3 Å². The molecule has 1 saturated heterocycles. The third-order valence-corrected chi connectivity index (χ3v) is 5.33. The number of carbonyl (C=O) groups is 1. The highest BCUT2D eigenvalue weighted by molar-refractivity contribution is 7.09. The van der Waals surface area contributed by atoms with Crippen molar-refractivity contribution >= 4 is 17.2 Å². The summed E-state index contributed by atoms with van der Waals surface area (Å²) in [5, 5.41) is 3.06. The quantitative estimate of drug-likeness (QED) is 0.624. The normalized spacial score (nSPS) is 24.6. The third-order valence-electron chi connectivity index (χ3n) is 4.45. The first-order valence-corrected chi connectivity index (χ1v) is 8.61. The van der Waals surface area contributed by atoms with Gasteiger partial charge in [-0.2, -0.15) is 0 Å². The van der Waals surface area contributed by atoms with Crippen LogP contribution in [0.15, 0.2) is 23.7 Å². The minimum atomic E-state index is 0.167. The van der Waals surface area contributed by atoms with Crippen LogP contribution in [0.3, 0.4) is 0 Å². The van der Waals surface area contributed by atoms with Crippen LogP contribution in [-0.4, -0.2) is 22.3 Å². The van der Waals surface area contributed by atoms with Gasteiger partial charge in [-0.25, -0.2) is 4.98 Å². The second-order valence-corrected chi connectivity index (χ2v) is 6.74. The zero-order chi connectivity index (χ0) is 13.8. The fourth-order valence-electron chi connectivity index (χ4n) is 3.12. The zero-order valence-corrected chi connectivity index (χ0v) is 12.6. The van der Waals surface area contributed by atoms with E-state index < -0.39 is 0 Å². The molecule has 0 N–H and O–H groups in total. The summed E-state index contributed by atoms with van der Waals surface area (Å²) in [6.45, 7) is 0.873. The molecule has 1 unspecified atom stereocenters. The summed E-state index contributed by atoms with van der Waals surface area (Å²) in [7, 11) is 0. The number of rotatable bonds is 3. The van der Waals surface area contributed by atoms with E-state index in [9.17, 15) is 4.79 Å². The number of hydrogen-bond donors (Lipinski definition) is 0. The molecule has 0 aromatic carbocycles. The molecular formula is C16H22N2OS. The maximum Gasteiger partial charge on any atom is 0.246 e. The minimum absolute atomic E-state index is 0.167. The number of nitrogens with zero attached hydrogens (tertiary/aromatic N) is 2. The van der Waals surface area contributed by atoms with Crippen molar-refractivity contribution in [2.75, 3.05) is 6.54 Å². The van der Waals surface area contributed by atoms with Gasteiger partial charge in [-0.3, -0.25) is 4.79 Å². The third kappa shape index (κ3) is 3.11. The Morgan fingerprint density at radius 3 is 2.65 bits per heavy atom. The Labute approximate surface area is 124 Å². The molecule has 1 aromatic heterocycles. The molecule has 2 heterocycles. The molecule has 1 aliphatic heterocycles. The summed E-state index contributed by atoms with van der Waals surface area (Å²) in [6, 6.07) is 0.223. The zero-order valence-electron chi connectivity index (χ0n) is 11.8. The van der Waals surface area contributed by atoms with Gasteiger partial charge < -0.3 is 4.90 Å². The number of aromatic nitrogens is 1. The lowest BCUT2D eigenvalue weighted by Gasteiger charge is -2.39. The summed E-state index contributed by atoms with van der Waals surface area (Å²) >= 11 is 1.65. The molecule has 108 valence electrons. The molecule has 1 atom stereocenters. The standard InChI is InChI=1S/C16H22N2OS/c19-15(8-7-13-5-3-1-2-4-6-13)18-11-9-14(18)16-17-10-12-20-16/h7-8,10,12-14H,1-6,9,11H2/b8-7+. The van der Waals surface area contributed by atoms with Crippen molar-refractivity contribution in [3.63, 3.8) is 0 Å². The average Bonchev–Trinajstić information content (AvgIpc) is 2.78. The van der Waals surface area contributed by atoms with Crippen LogP contribution in [-0.2, 0) is 4.79 Å². The summed E-state index contributed by atoms with van der Waals surface area (Å²) in [6.07, 6.45) is 14.7. The van der Waals surface area contributed by atoms with Gasteiger partial charge in [0.05, 0.1) is 6.04 Å². The van der Waals surface area contributed by atoms with Gasteiger partial charge in [-0.15, -0.1) is 11.3 Å². The van der Waals surface area contributed by atoms with Gasteiger partial charge in [0.15, 0.2) is 0 Å². The molecule has 1 aliphatic carbocycles. The maximum atomic E-state index is 12.3. The van der Waals surface area contributed by atoms with Gasteiger partial charge in [0.1, 0.15) is 5.01 Å². The Bertz CT molecular complexity index is 461. The largest absolute Gasteiger partial charge is 0.330 e. The van der Waals surface area contributed by atoms with Crippen LogP contribution >= 0.6 is 11.3 Å². The van der Waals surface area contributed by atoms with Crippen molar-refractivity contribution in [2.24, 2.45) is 5.92 Å². The second-order valence-electron chi connectivity index (χ2n) is 5.82. The van der Waals surface area contributed by atoms with E-state index in [1.807, 2.05) is 22.6 Å². The molecule has 4 heteroatoms. The highest BCUT2D eigenvalue weighted by atomic mass is 32.1. The van der Waals surface area contributed by atoms with E-state index in [4.69, 9.17) is 0 Å². The fraction of sp³-hybridized carbons (Fsp3) is 0.625. The second kappa shape index (κ2) is 6.53. The summed E-state index contributed by atoms with van der Waals surface area (Å²) in [5.41, 5.74) is 0. The molecule has 3 nitrogen and oxygen atoms in total. The summed E-state index contributed by atoms with van der Waals surface area (Å²) in [5.74, 6) is 0.779. The molecule has 20 heavy (non-hydrogen) atoms. The van der Waals surface area contributed by atoms with Crippen molar-refractivity contribution < 1.29 is 4.79 Å². The summed E-state index contributed by atoms with van der Waals surface area (Å²) < 4.78 is 0. The first kappa shape index (κ1) is 13.8. The molecule has 2 aliphatic rings. The fourth-order valence-corrected chi connectivity index (χ4v) is 3.91. The van der Waals surface area contributed by atoms with Gasteiger partial charge in [-0.05, 0) is 31.3 Å². The van der Waals surface area contributed by atoms with Crippen LogP contribution in [0, 0.1) is 5.92 Å². The van der Waals surface area contributed by atoms with Crippen molar-refractivity contribution in [1.29, 1.82) is 0 Å². The lowest BCUT2D eigenvalue weighted by molar-refractivity contribution is -0.133. The van der Waals surface area contributed by atoms with Crippen molar-refractivity contribution in [1.82, 2.24) is 9.88 Å². The minimum Gasteiger partial charge on any atom is -0.330 e. The van der Waals surface area contributed by atoms with E-state index in [-0.39, 0.29) is 11.9 Å². The van der Waals surface area contributed by atoms with E-state index in [1.165, 1.54) is 38.5 Å². The van der Waals surface area contributed by atoms with E-state index >= 15 is 0 Å². The lowest BCUT2D eigenvalue weighted by Crippen LogP contribution is -2.44. The van der Waals surface area contributed by atoms with Gasteiger partial charge >= 0.3 is 0 Å². The average molecular weight is 290 g/mol. The Morgan fingerprint density at radius 1 is 1.25 bits per heavy atom. The Kier molecular flexibility index (Phi) is 4.51. The number of thiazole rings is 1. The number of allylic oxidation sites excluding steroid dienone is 1. The number of hydrogen-bond acceptors (Lipinski definition) is 3. The molecule has 0 spiro atoms.